The Morgan fingerprint density at radius 1 is 1.21 bits per heavy atom. The number of aromatic amines is 1. The molecule has 2 atom stereocenters. The summed E-state index contributed by atoms with van der Waals surface area (Å²) in [5.74, 6) is -0.377. The second kappa shape index (κ2) is 12.2. The zero-order valence-corrected chi connectivity index (χ0v) is 20.2. The Hall–Kier alpha value is -2.56. The van der Waals surface area contributed by atoms with E-state index in [9.17, 15) is 9.59 Å². The number of ether oxygens (including phenoxy) is 2. The predicted molar refractivity (Wildman–Crippen MR) is 130 cm³/mol. The van der Waals surface area contributed by atoms with Gasteiger partial charge in [0.2, 0.25) is 0 Å². The lowest BCUT2D eigenvalue weighted by Gasteiger charge is -2.25. The number of nitrogens with one attached hydrogen (secondary N) is 3. The summed E-state index contributed by atoms with van der Waals surface area (Å²) >= 11 is 12.2. The Morgan fingerprint density at radius 2 is 2.03 bits per heavy atom. The minimum Gasteiger partial charge on any atom is -0.483 e. The molecule has 0 aliphatic carbocycles. The SMILES string of the molecule is Cl.O=C(COc1ccccc1-c1noc(=O)[nH]1)NC[C@@H]1CNCCO[C@H]1c1ccc(Cl)c(Cl)c1. The lowest BCUT2D eigenvalue weighted by atomic mass is 9.95. The zero-order chi connectivity index (χ0) is 23.2. The highest BCUT2D eigenvalue weighted by Gasteiger charge is 2.27. The van der Waals surface area contributed by atoms with Gasteiger partial charge >= 0.3 is 5.76 Å². The zero-order valence-electron chi connectivity index (χ0n) is 17.9. The third-order valence-electron chi connectivity index (χ3n) is 5.19. The van der Waals surface area contributed by atoms with E-state index in [1.807, 2.05) is 6.07 Å². The fourth-order valence-corrected chi connectivity index (χ4v) is 3.91. The van der Waals surface area contributed by atoms with Crippen molar-refractivity contribution < 1.29 is 18.8 Å². The summed E-state index contributed by atoms with van der Waals surface area (Å²) in [5.41, 5.74) is 1.41. The largest absolute Gasteiger partial charge is 0.483 e. The van der Waals surface area contributed by atoms with Crippen molar-refractivity contribution in [2.45, 2.75) is 6.10 Å². The van der Waals surface area contributed by atoms with Crippen LogP contribution in [0.2, 0.25) is 10.0 Å². The van der Waals surface area contributed by atoms with E-state index in [1.165, 1.54) is 0 Å². The number of aromatic nitrogens is 2. The van der Waals surface area contributed by atoms with Crippen molar-refractivity contribution in [1.29, 1.82) is 0 Å². The maximum Gasteiger partial charge on any atom is 0.439 e. The second-order valence-electron chi connectivity index (χ2n) is 7.46. The first kappa shape index (κ1) is 26.1. The number of halogens is 3. The van der Waals surface area contributed by atoms with E-state index in [-0.39, 0.29) is 42.8 Å². The van der Waals surface area contributed by atoms with Crippen LogP contribution in [0.5, 0.6) is 5.75 Å². The number of amides is 1. The molecule has 34 heavy (non-hydrogen) atoms. The molecule has 0 bridgehead atoms. The quantitative estimate of drug-likeness (QED) is 0.430. The van der Waals surface area contributed by atoms with Gasteiger partial charge in [0.1, 0.15) is 5.75 Å². The number of H-pyrrole nitrogens is 1. The number of rotatable bonds is 7. The molecule has 1 amide bonds. The van der Waals surface area contributed by atoms with Crippen molar-refractivity contribution in [3.63, 3.8) is 0 Å². The molecule has 12 heteroatoms. The lowest BCUT2D eigenvalue weighted by Crippen LogP contribution is -2.38. The van der Waals surface area contributed by atoms with Crippen molar-refractivity contribution in [3.8, 4) is 17.1 Å². The first-order chi connectivity index (χ1) is 16.0. The third-order valence-corrected chi connectivity index (χ3v) is 5.92. The van der Waals surface area contributed by atoms with Crippen molar-refractivity contribution in [1.82, 2.24) is 20.8 Å². The van der Waals surface area contributed by atoms with E-state index >= 15 is 0 Å². The number of carbonyl (C=O) groups is 1. The lowest BCUT2D eigenvalue weighted by molar-refractivity contribution is -0.123. The number of benzene rings is 2. The summed E-state index contributed by atoms with van der Waals surface area (Å²) in [6.07, 6.45) is -0.249. The molecule has 0 unspecified atom stereocenters. The van der Waals surface area contributed by atoms with E-state index in [1.54, 1.807) is 36.4 Å². The van der Waals surface area contributed by atoms with Gasteiger partial charge in [-0.2, -0.15) is 0 Å². The normalized spacial score (nSPS) is 17.9. The molecule has 9 nitrogen and oxygen atoms in total. The highest BCUT2D eigenvalue weighted by atomic mass is 35.5. The number of hydrogen-bond donors (Lipinski definition) is 3. The molecular weight excluding hydrogens is 507 g/mol. The monoisotopic (exact) mass is 528 g/mol. The topological polar surface area (TPSA) is 118 Å². The van der Waals surface area contributed by atoms with Crippen molar-refractivity contribution in [2.24, 2.45) is 5.92 Å². The molecule has 2 aromatic carbocycles. The van der Waals surface area contributed by atoms with E-state index in [0.29, 0.717) is 47.6 Å². The minimum atomic E-state index is -0.673. The van der Waals surface area contributed by atoms with Gasteiger partial charge in [-0.3, -0.25) is 14.3 Å². The average molecular weight is 530 g/mol. The molecule has 0 spiro atoms. The van der Waals surface area contributed by atoms with E-state index in [2.05, 4.69) is 25.3 Å². The van der Waals surface area contributed by atoms with Crippen molar-refractivity contribution >= 4 is 41.5 Å². The standard InChI is InChI=1S/C22H22Cl2N4O5.ClH/c23-16-6-5-13(9-17(16)24)20-14(10-25-7-8-31-20)11-26-19(29)12-32-18-4-2-1-3-15(18)21-27-22(30)33-28-21;/h1-6,9,14,20,25H,7-8,10-12H2,(H,26,29)(H,27,28,30);1H/t14-,20-;/m0./s1. The Bertz CT molecular complexity index is 1170. The van der Waals surface area contributed by atoms with Crippen LogP contribution >= 0.6 is 35.6 Å². The number of nitrogens with zero attached hydrogens (tertiary/aromatic N) is 1. The summed E-state index contributed by atoms with van der Waals surface area (Å²) in [5, 5.41) is 10.8. The van der Waals surface area contributed by atoms with Crippen LogP contribution in [0.1, 0.15) is 11.7 Å². The smallest absolute Gasteiger partial charge is 0.439 e. The van der Waals surface area contributed by atoms with Crippen LogP contribution in [-0.2, 0) is 9.53 Å². The summed E-state index contributed by atoms with van der Waals surface area (Å²) in [4.78, 5) is 26.2. The van der Waals surface area contributed by atoms with Gasteiger partial charge < -0.3 is 20.1 Å². The van der Waals surface area contributed by atoms with Crippen molar-refractivity contribution in [2.75, 3.05) is 32.8 Å². The first-order valence-corrected chi connectivity index (χ1v) is 11.1. The Labute approximate surface area is 211 Å². The second-order valence-corrected chi connectivity index (χ2v) is 8.28. The molecule has 0 saturated carbocycles. The summed E-state index contributed by atoms with van der Waals surface area (Å²) in [6.45, 7) is 2.08. The maximum atomic E-state index is 12.5. The Morgan fingerprint density at radius 3 is 2.79 bits per heavy atom. The number of carbonyl (C=O) groups excluding carboxylic acids is 1. The molecule has 1 aliphatic rings. The van der Waals surface area contributed by atoms with Crippen LogP contribution < -0.4 is 21.1 Å². The number of hydrogen-bond acceptors (Lipinski definition) is 7. The van der Waals surface area contributed by atoms with Crippen LogP contribution in [0.15, 0.2) is 51.8 Å². The van der Waals surface area contributed by atoms with Gasteiger partial charge in [0.25, 0.3) is 5.91 Å². The molecule has 4 rings (SSSR count). The summed E-state index contributed by atoms with van der Waals surface area (Å²) in [7, 11) is 0. The highest BCUT2D eigenvalue weighted by Crippen LogP contribution is 2.32. The fraction of sp³-hybridized carbons (Fsp3) is 0.318. The summed E-state index contributed by atoms with van der Waals surface area (Å²) < 4.78 is 16.3. The van der Waals surface area contributed by atoms with Gasteiger partial charge in [-0.15, -0.1) is 12.4 Å². The molecule has 2 heterocycles. The van der Waals surface area contributed by atoms with Crippen LogP contribution in [0.25, 0.3) is 11.4 Å². The van der Waals surface area contributed by atoms with Gasteiger partial charge in [0.05, 0.1) is 28.3 Å². The molecule has 3 N–H and O–H groups in total. The van der Waals surface area contributed by atoms with Gasteiger partial charge in [0.15, 0.2) is 12.4 Å². The van der Waals surface area contributed by atoms with Crippen LogP contribution in [-0.4, -0.2) is 48.9 Å². The maximum absolute atomic E-state index is 12.5. The summed E-state index contributed by atoms with van der Waals surface area (Å²) in [6, 6.07) is 12.3. The molecule has 0 radical (unpaired) electrons. The van der Waals surface area contributed by atoms with Gasteiger partial charge in [-0.1, -0.05) is 46.6 Å². The Kier molecular flexibility index (Phi) is 9.37. The first-order valence-electron chi connectivity index (χ1n) is 10.3. The Balaban J connectivity index is 0.00000324. The molecule has 1 saturated heterocycles. The molecule has 1 aliphatic heterocycles. The van der Waals surface area contributed by atoms with E-state index in [0.717, 1.165) is 5.56 Å². The van der Waals surface area contributed by atoms with E-state index < -0.39 is 5.76 Å². The number of para-hydroxylation sites is 1. The van der Waals surface area contributed by atoms with Crippen LogP contribution in [0.4, 0.5) is 0 Å². The van der Waals surface area contributed by atoms with Gasteiger partial charge in [-0.05, 0) is 29.8 Å². The third kappa shape index (κ3) is 6.52. The van der Waals surface area contributed by atoms with Crippen LogP contribution in [0, 0.1) is 5.92 Å². The molecule has 1 aromatic heterocycles. The fourth-order valence-electron chi connectivity index (χ4n) is 3.60. The van der Waals surface area contributed by atoms with Gasteiger partial charge in [0, 0.05) is 25.6 Å². The van der Waals surface area contributed by atoms with Crippen molar-refractivity contribution in [3.05, 3.63) is 68.6 Å². The highest BCUT2D eigenvalue weighted by molar-refractivity contribution is 6.42. The molecule has 1 fully saturated rings. The van der Waals surface area contributed by atoms with Gasteiger partial charge in [-0.25, -0.2) is 4.79 Å². The van der Waals surface area contributed by atoms with E-state index in [4.69, 9.17) is 32.7 Å². The molecule has 182 valence electrons. The predicted octanol–water partition coefficient (Wildman–Crippen LogP) is 3.23. The molecule has 3 aromatic rings. The molecular formula is C22H23Cl3N4O5. The van der Waals surface area contributed by atoms with Crippen LogP contribution in [0.3, 0.4) is 0 Å². The average Bonchev–Trinajstić information content (AvgIpc) is 3.11. The minimum absolute atomic E-state index is 0.